The van der Waals surface area contributed by atoms with Gasteiger partial charge in [-0.1, -0.05) is 35.3 Å². The second kappa shape index (κ2) is 7.30. The van der Waals surface area contributed by atoms with Gasteiger partial charge in [0.2, 0.25) is 0 Å². The van der Waals surface area contributed by atoms with Crippen LogP contribution in [0, 0.1) is 0 Å². The van der Waals surface area contributed by atoms with E-state index in [-0.39, 0.29) is 5.02 Å². The Kier molecular flexibility index (Phi) is 4.83. The second-order valence-electron chi connectivity index (χ2n) is 6.47. The molecule has 0 fully saturated rings. The Balaban J connectivity index is 1.67. The van der Waals surface area contributed by atoms with Gasteiger partial charge in [0.15, 0.2) is 0 Å². The predicted octanol–water partition coefficient (Wildman–Crippen LogP) is 4.06. The lowest BCUT2D eigenvalue weighted by molar-refractivity contribution is 0.759. The maximum atomic E-state index is 12.7. The number of hydrogen-bond donors (Lipinski definition) is 0. The topological polar surface area (TPSA) is 56.0 Å². The van der Waals surface area contributed by atoms with Gasteiger partial charge in [0.05, 0.1) is 35.1 Å². The molecule has 28 heavy (non-hydrogen) atoms. The summed E-state index contributed by atoms with van der Waals surface area (Å²) >= 11 is 12.3. The number of hydrogen-bond acceptors (Lipinski definition) is 4. The predicted molar refractivity (Wildman–Crippen MR) is 113 cm³/mol. The molecule has 0 atom stereocenters. The van der Waals surface area contributed by atoms with Crippen LogP contribution in [0.2, 0.25) is 10.0 Å². The molecule has 6 nitrogen and oxygen atoms in total. The van der Waals surface area contributed by atoms with Crippen molar-refractivity contribution in [2.24, 2.45) is 7.05 Å². The van der Waals surface area contributed by atoms with Gasteiger partial charge in [-0.3, -0.25) is 4.79 Å². The van der Waals surface area contributed by atoms with Gasteiger partial charge < -0.3 is 9.47 Å². The molecule has 0 saturated carbocycles. The molecule has 0 unspecified atom stereocenters. The highest BCUT2D eigenvalue weighted by molar-refractivity contribution is 6.33. The van der Waals surface area contributed by atoms with E-state index in [1.807, 2.05) is 47.8 Å². The fourth-order valence-electron chi connectivity index (χ4n) is 3.09. The Morgan fingerprint density at radius 1 is 1.07 bits per heavy atom. The van der Waals surface area contributed by atoms with Crippen molar-refractivity contribution in [3.8, 4) is 5.69 Å². The summed E-state index contributed by atoms with van der Waals surface area (Å²) in [6, 6.07) is 14.8. The normalized spacial score (nSPS) is 11.1. The van der Waals surface area contributed by atoms with Gasteiger partial charge in [-0.15, -0.1) is 0 Å². The Bertz CT molecular complexity index is 1210. The minimum atomic E-state index is -0.390. The zero-order valence-corrected chi connectivity index (χ0v) is 16.8. The molecule has 0 bridgehead atoms. The van der Waals surface area contributed by atoms with Crippen molar-refractivity contribution in [3.63, 3.8) is 0 Å². The number of aryl methyl sites for hydroxylation is 1. The molecule has 0 radical (unpaired) electrons. The number of fused-ring (bicyclic) bond motifs is 1. The van der Waals surface area contributed by atoms with E-state index in [0.717, 1.165) is 16.9 Å². The highest BCUT2D eigenvalue weighted by atomic mass is 35.5. The van der Waals surface area contributed by atoms with E-state index in [2.05, 4.69) is 10.1 Å². The maximum Gasteiger partial charge on any atom is 0.292 e. The molecule has 2 aromatic carbocycles. The van der Waals surface area contributed by atoms with Crippen LogP contribution in [0.3, 0.4) is 0 Å². The molecular weight excluding hydrogens is 397 g/mol. The molecule has 8 heteroatoms. The van der Waals surface area contributed by atoms with Crippen molar-refractivity contribution in [3.05, 3.63) is 81.0 Å². The van der Waals surface area contributed by atoms with Crippen LogP contribution in [0.25, 0.3) is 16.7 Å². The first-order chi connectivity index (χ1) is 13.5. The SMILES string of the molecule is CN(Cc1nc2ccccc2n1C)c1cnn(-c2ccc(Cl)cc2)c(=O)c1Cl. The van der Waals surface area contributed by atoms with Gasteiger partial charge in [0.25, 0.3) is 5.56 Å². The highest BCUT2D eigenvalue weighted by Gasteiger charge is 2.16. The lowest BCUT2D eigenvalue weighted by Crippen LogP contribution is -2.26. The first-order valence-corrected chi connectivity index (χ1v) is 9.36. The molecule has 2 heterocycles. The molecule has 0 N–H and O–H groups in total. The van der Waals surface area contributed by atoms with Crippen molar-refractivity contribution >= 4 is 39.9 Å². The van der Waals surface area contributed by atoms with Crippen LogP contribution >= 0.6 is 23.2 Å². The minimum Gasteiger partial charge on any atom is -0.364 e. The molecule has 0 aliphatic heterocycles. The van der Waals surface area contributed by atoms with Gasteiger partial charge >= 0.3 is 0 Å². The third-order valence-corrected chi connectivity index (χ3v) is 5.25. The van der Waals surface area contributed by atoms with Gasteiger partial charge in [-0.25, -0.2) is 4.98 Å². The van der Waals surface area contributed by atoms with Crippen LogP contribution in [0.1, 0.15) is 5.82 Å². The molecule has 0 amide bonds. The van der Waals surface area contributed by atoms with Crippen LogP contribution in [-0.4, -0.2) is 26.4 Å². The molecule has 142 valence electrons. The van der Waals surface area contributed by atoms with E-state index in [1.165, 1.54) is 4.68 Å². The number of nitrogens with zero attached hydrogens (tertiary/aromatic N) is 5. The number of imidazole rings is 1. The van der Waals surface area contributed by atoms with E-state index in [1.54, 1.807) is 30.5 Å². The third-order valence-electron chi connectivity index (χ3n) is 4.64. The minimum absolute atomic E-state index is 0.103. The molecule has 0 saturated heterocycles. The first-order valence-electron chi connectivity index (χ1n) is 8.61. The van der Waals surface area contributed by atoms with Gasteiger partial charge in [0, 0.05) is 19.1 Å². The Morgan fingerprint density at radius 2 is 1.79 bits per heavy atom. The number of anilines is 1. The van der Waals surface area contributed by atoms with Gasteiger partial charge in [0.1, 0.15) is 10.8 Å². The summed E-state index contributed by atoms with van der Waals surface area (Å²) in [6.07, 6.45) is 1.58. The second-order valence-corrected chi connectivity index (χ2v) is 7.28. The molecule has 0 spiro atoms. The monoisotopic (exact) mass is 413 g/mol. The zero-order chi connectivity index (χ0) is 19.8. The van der Waals surface area contributed by atoms with Gasteiger partial charge in [-0.05, 0) is 36.4 Å². The summed E-state index contributed by atoms with van der Waals surface area (Å²) in [4.78, 5) is 19.3. The zero-order valence-electron chi connectivity index (χ0n) is 15.3. The molecule has 4 rings (SSSR count). The lowest BCUT2D eigenvalue weighted by atomic mass is 10.3. The summed E-state index contributed by atoms with van der Waals surface area (Å²) in [5, 5.41) is 4.96. The number of benzene rings is 2. The van der Waals surface area contributed by atoms with Crippen molar-refractivity contribution in [2.45, 2.75) is 6.54 Å². The maximum absolute atomic E-state index is 12.7. The van der Waals surface area contributed by atoms with Crippen molar-refractivity contribution in [1.29, 1.82) is 0 Å². The van der Waals surface area contributed by atoms with E-state index >= 15 is 0 Å². The fraction of sp³-hybridized carbons (Fsp3) is 0.150. The summed E-state index contributed by atoms with van der Waals surface area (Å²) in [6.45, 7) is 0.483. The van der Waals surface area contributed by atoms with Gasteiger partial charge in [-0.2, -0.15) is 9.78 Å². The third kappa shape index (κ3) is 3.25. The fourth-order valence-corrected chi connectivity index (χ4v) is 3.49. The summed E-state index contributed by atoms with van der Waals surface area (Å²) in [5.41, 5.74) is 2.73. The number of halogens is 2. The van der Waals surface area contributed by atoms with Crippen LogP contribution in [-0.2, 0) is 13.6 Å². The van der Waals surface area contributed by atoms with Crippen molar-refractivity contribution in [2.75, 3.05) is 11.9 Å². The number of para-hydroxylation sites is 2. The van der Waals surface area contributed by atoms with E-state index < -0.39 is 5.56 Å². The Labute approximate surface area is 171 Å². The molecule has 0 aliphatic carbocycles. The lowest BCUT2D eigenvalue weighted by Gasteiger charge is -2.20. The summed E-state index contributed by atoms with van der Waals surface area (Å²) in [7, 11) is 3.82. The van der Waals surface area contributed by atoms with E-state index in [4.69, 9.17) is 23.2 Å². The largest absolute Gasteiger partial charge is 0.364 e. The standard InChI is InChI=1S/C20H17Cl2N5O/c1-25(12-18-24-15-5-3-4-6-16(15)26(18)2)17-11-23-27(20(28)19(17)22)14-9-7-13(21)8-10-14/h3-11H,12H2,1-2H3. The average Bonchev–Trinajstić information content (AvgIpc) is 3.00. The Hall–Kier alpha value is -2.83. The van der Waals surface area contributed by atoms with E-state index in [9.17, 15) is 4.79 Å². The van der Waals surface area contributed by atoms with E-state index in [0.29, 0.717) is 22.9 Å². The first kappa shape index (κ1) is 18.5. The summed E-state index contributed by atoms with van der Waals surface area (Å²) < 4.78 is 3.28. The molecule has 0 aliphatic rings. The Morgan fingerprint density at radius 3 is 2.50 bits per heavy atom. The quantitative estimate of drug-likeness (QED) is 0.506. The van der Waals surface area contributed by atoms with Crippen LogP contribution in [0.5, 0.6) is 0 Å². The molecule has 2 aromatic heterocycles. The molecular formula is C20H17Cl2N5O. The molecule has 4 aromatic rings. The van der Waals surface area contributed by atoms with Crippen LogP contribution < -0.4 is 10.5 Å². The van der Waals surface area contributed by atoms with Crippen LogP contribution in [0.15, 0.2) is 59.5 Å². The number of rotatable bonds is 4. The highest BCUT2D eigenvalue weighted by Crippen LogP contribution is 2.23. The smallest absolute Gasteiger partial charge is 0.292 e. The van der Waals surface area contributed by atoms with Crippen LogP contribution in [0.4, 0.5) is 5.69 Å². The summed E-state index contributed by atoms with van der Waals surface area (Å²) in [5.74, 6) is 0.863. The van der Waals surface area contributed by atoms with Crippen molar-refractivity contribution in [1.82, 2.24) is 19.3 Å². The average molecular weight is 414 g/mol. The van der Waals surface area contributed by atoms with Crippen molar-refractivity contribution < 1.29 is 0 Å². The number of aromatic nitrogens is 4.